The molecule has 3 aromatic rings. The van der Waals surface area contributed by atoms with Crippen molar-refractivity contribution < 1.29 is 9.90 Å². The first-order valence-electron chi connectivity index (χ1n) is 9.77. The number of benzene rings is 2. The number of hydrogen-bond donors (Lipinski definition) is 2. The summed E-state index contributed by atoms with van der Waals surface area (Å²) < 4.78 is 0. The normalized spacial score (nSPS) is 16.1. The first-order chi connectivity index (χ1) is 13.7. The average molecular weight is 374 g/mol. The Bertz CT molecular complexity index is 1040. The second-order valence-corrected chi connectivity index (χ2v) is 7.71. The molecule has 142 valence electrons. The van der Waals surface area contributed by atoms with Gasteiger partial charge in [-0.2, -0.15) is 0 Å². The van der Waals surface area contributed by atoms with E-state index in [9.17, 15) is 9.90 Å². The maximum atomic E-state index is 11.5. The molecule has 0 aliphatic heterocycles. The van der Waals surface area contributed by atoms with Crippen LogP contribution in [0.2, 0.25) is 0 Å². The van der Waals surface area contributed by atoms with Crippen molar-refractivity contribution in [2.75, 3.05) is 5.32 Å². The fourth-order valence-electron chi connectivity index (χ4n) is 3.56. The van der Waals surface area contributed by atoms with Crippen LogP contribution in [0.1, 0.15) is 31.2 Å². The minimum atomic E-state index is -0.841. The number of nitrogens with zero attached hydrogens (tertiary/aromatic N) is 3. The molecule has 2 saturated carbocycles. The molecule has 2 aliphatic rings. The van der Waals surface area contributed by atoms with Gasteiger partial charge in [0.1, 0.15) is 12.1 Å². The predicted molar refractivity (Wildman–Crippen MR) is 108 cm³/mol. The van der Waals surface area contributed by atoms with Crippen LogP contribution in [0.25, 0.3) is 22.0 Å². The summed E-state index contributed by atoms with van der Waals surface area (Å²) in [6.45, 7) is 0.430. The number of rotatable bonds is 6. The lowest BCUT2D eigenvalue weighted by molar-refractivity contribution is 0.139. The Balaban J connectivity index is 1.46. The summed E-state index contributed by atoms with van der Waals surface area (Å²) in [6.07, 6.45) is 5.07. The summed E-state index contributed by atoms with van der Waals surface area (Å²) in [4.78, 5) is 21.9. The third kappa shape index (κ3) is 3.50. The molecule has 1 amide bonds. The Kier molecular flexibility index (Phi) is 4.11. The minimum absolute atomic E-state index is 0.176. The average Bonchev–Trinajstić information content (AvgIpc) is 3.61. The number of aromatic nitrogens is 2. The lowest BCUT2D eigenvalue weighted by Gasteiger charge is -2.19. The lowest BCUT2D eigenvalue weighted by atomic mass is 10.0. The van der Waals surface area contributed by atoms with Crippen molar-refractivity contribution in [1.29, 1.82) is 0 Å². The molecule has 28 heavy (non-hydrogen) atoms. The van der Waals surface area contributed by atoms with Crippen molar-refractivity contribution in [1.82, 2.24) is 14.9 Å². The Morgan fingerprint density at radius 2 is 1.89 bits per heavy atom. The Hall–Kier alpha value is -3.15. The molecule has 1 aromatic heterocycles. The monoisotopic (exact) mass is 374 g/mol. The number of amides is 1. The van der Waals surface area contributed by atoms with Gasteiger partial charge in [-0.15, -0.1) is 0 Å². The van der Waals surface area contributed by atoms with E-state index in [1.54, 1.807) is 11.2 Å². The molecule has 0 bridgehead atoms. The molecule has 0 radical (unpaired) electrons. The van der Waals surface area contributed by atoms with Crippen LogP contribution >= 0.6 is 0 Å². The van der Waals surface area contributed by atoms with Gasteiger partial charge in [0.25, 0.3) is 0 Å². The van der Waals surface area contributed by atoms with Gasteiger partial charge in [0, 0.05) is 24.0 Å². The van der Waals surface area contributed by atoms with Crippen LogP contribution in [0.5, 0.6) is 0 Å². The van der Waals surface area contributed by atoms with Crippen molar-refractivity contribution in [3.05, 3.63) is 54.4 Å². The highest BCUT2D eigenvalue weighted by molar-refractivity contribution is 5.92. The Labute approximate surface area is 163 Å². The molecule has 1 heterocycles. The van der Waals surface area contributed by atoms with E-state index in [2.05, 4.69) is 39.6 Å². The van der Waals surface area contributed by atoms with Gasteiger partial charge in [0.05, 0.1) is 5.52 Å². The summed E-state index contributed by atoms with van der Waals surface area (Å²) >= 11 is 0. The SMILES string of the molecule is O=C(O)N(Cc1cccc(-c2ccc3ncnc(NC4CC4)c3c2)c1)C1CC1. The highest BCUT2D eigenvalue weighted by atomic mass is 16.4. The van der Waals surface area contributed by atoms with E-state index in [1.807, 2.05) is 18.2 Å². The number of carboxylic acid groups (broad SMARTS) is 1. The van der Waals surface area contributed by atoms with Crippen LogP contribution in [-0.2, 0) is 6.54 Å². The summed E-state index contributed by atoms with van der Waals surface area (Å²) in [5.41, 5.74) is 4.08. The molecular weight excluding hydrogens is 352 g/mol. The van der Waals surface area contributed by atoms with E-state index in [-0.39, 0.29) is 6.04 Å². The van der Waals surface area contributed by atoms with E-state index in [0.29, 0.717) is 12.6 Å². The zero-order valence-corrected chi connectivity index (χ0v) is 15.5. The third-order valence-electron chi connectivity index (χ3n) is 5.40. The third-order valence-corrected chi connectivity index (χ3v) is 5.40. The fourth-order valence-corrected chi connectivity index (χ4v) is 3.56. The van der Waals surface area contributed by atoms with Crippen LogP contribution < -0.4 is 5.32 Å². The van der Waals surface area contributed by atoms with Crippen molar-refractivity contribution >= 4 is 22.8 Å². The topological polar surface area (TPSA) is 78.3 Å². The summed E-state index contributed by atoms with van der Waals surface area (Å²) in [5, 5.41) is 14.0. The van der Waals surface area contributed by atoms with E-state index < -0.39 is 6.09 Å². The van der Waals surface area contributed by atoms with Crippen LogP contribution in [-0.4, -0.2) is 38.2 Å². The minimum Gasteiger partial charge on any atom is -0.465 e. The molecule has 0 atom stereocenters. The number of carbonyl (C=O) groups is 1. The predicted octanol–water partition coefficient (Wildman–Crippen LogP) is 4.51. The number of nitrogens with one attached hydrogen (secondary N) is 1. The van der Waals surface area contributed by atoms with Gasteiger partial charge in [-0.25, -0.2) is 14.8 Å². The van der Waals surface area contributed by atoms with Crippen molar-refractivity contribution in [2.24, 2.45) is 0 Å². The van der Waals surface area contributed by atoms with E-state index in [0.717, 1.165) is 46.3 Å². The van der Waals surface area contributed by atoms with E-state index in [4.69, 9.17) is 0 Å². The highest BCUT2D eigenvalue weighted by Crippen LogP contribution is 2.32. The van der Waals surface area contributed by atoms with Gasteiger partial charge in [-0.05, 0) is 60.6 Å². The van der Waals surface area contributed by atoms with Crippen molar-refractivity contribution in [3.8, 4) is 11.1 Å². The maximum absolute atomic E-state index is 11.5. The van der Waals surface area contributed by atoms with Crippen molar-refractivity contribution in [3.63, 3.8) is 0 Å². The van der Waals surface area contributed by atoms with E-state index in [1.165, 1.54) is 12.8 Å². The molecule has 0 unspecified atom stereocenters. The molecule has 5 rings (SSSR count). The molecular formula is C22H22N4O2. The van der Waals surface area contributed by atoms with Gasteiger partial charge in [-0.1, -0.05) is 24.3 Å². The molecule has 2 N–H and O–H groups in total. The Morgan fingerprint density at radius 1 is 1.07 bits per heavy atom. The second-order valence-electron chi connectivity index (χ2n) is 7.71. The van der Waals surface area contributed by atoms with Crippen LogP contribution in [0.3, 0.4) is 0 Å². The van der Waals surface area contributed by atoms with Gasteiger partial charge >= 0.3 is 6.09 Å². The van der Waals surface area contributed by atoms with Gasteiger partial charge in [0.2, 0.25) is 0 Å². The first kappa shape index (κ1) is 17.0. The largest absolute Gasteiger partial charge is 0.465 e. The maximum Gasteiger partial charge on any atom is 0.407 e. The van der Waals surface area contributed by atoms with Crippen LogP contribution in [0.15, 0.2) is 48.8 Å². The van der Waals surface area contributed by atoms with Gasteiger partial charge < -0.3 is 15.3 Å². The summed E-state index contributed by atoms with van der Waals surface area (Å²) in [5.74, 6) is 0.885. The molecule has 2 aliphatic carbocycles. The molecule has 2 fully saturated rings. The summed E-state index contributed by atoms with van der Waals surface area (Å²) in [6, 6.07) is 15.0. The first-order valence-corrected chi connectivity index (χ1v) is 9.77. The standard InChI is InChI=1S/C22H22N4O2/c27-22(28)26(18-7-8-18)12-14-2-1-3-15(10-14)16-4-9-20-19(11-16)21(24-13-23-20)25-17-5-6-17/h1-4,9-11,13,17-18H,5-8,12H2,(H,27,28)(H,23,24,25). The molecule has 2 aromatic carbocycles. The van der Waals surface area contributed by atoms with Crippen LogP contribution in [0.4, 0.5) is 10.6 Å². The molecule has 0 saturated heterocycles. The lowest BCUT2D eigenvalue weighted by Crippen LogP contribution is -2.30. The van der Waals surface area contributed by atoms with E-state index >= 15 is 0 Å². The van der Waals surface area contributed by atoms with Crippen LogP contribution in [0, 0.1) is 0 Å². The fraction of sp³-hybridized carbons (Fsp3) is 0.318. The van der Waals surface area contributed by atoms with Gasteiger partial charge in [-0.3, -0.25) is 0 Å². The number of fused-ring (bicyclic) bond motifs is 1. The highest BCUT2D eigenvalue weighted by Gasteiger charge is 2.32. The van der Waals surface area contributed by atoms with Crippen molar-refractivity contribution in [2.45, 2.75) is 44.3 Å². The Morgan fingerprint density at radius 3 is 2.64 bits per heavy atom. The molecule has 0 spiro atoms. The zero-order chi connectivity index (χ0) is 19.1. The summed E-state index contributed by atoms with van der Waals surface area (Å²) in [7, 11) is 0. The smallest absolute Gasteiger partial charge is 0.407 e. The zero-order valence-electron chi connectivity index (χ0n) is 15.5. The quantitative estimate of drug-likeness (QED) is 0.663. The molecule has 6 heteroatoms. The van der Waals surface area contributed by atoms with Gasteiger partial charge in [0.15, 0.2) is 0 Å². The number of anilines is 1. The second kappa shape index (κ2) is 6.78. The number of hydrogen-bond acceptors (Lipinski definition) is 4. The molecule has 6 nitrogen and oxygen atoms in total.